The van der Waals surface area contributed by atoms with E-state index in [0.717, 1.165) is 11.1 Å². The molecule has 33 heavy (non-hydrogen) atoms. The molecule has 5 nitrogen and oxygen atoms in total. The summed E-state index contributed by atoms with van der Waals surface area (Å²) >= 11 is 1.64. The number of nitrogens with zero attached hydrogens (tertiary/aromatic N) is 1. The van der Waals surface area contributed by atoms with Crippen molar-refractivity contribution in [2.24, 2.45) is 11.3 Å². The highest BCUT2D eigenvalue weighted by molar-refractivity contribution is 7.08. The van der Waals surface area contributed by atoms with Gasteiger partial charge in [0.1, 0.15) is 11.7 Å². The number of thiophene rings is 1. The van der Waals surface area contributed by atoms with E-state index < -0.39 is 29.1 Å². The Morgan fingerprint density at radius 3 is 2.24 bits per heavy atom. The fraction of sp³-hybridized carbons (Fsp3) is 0.296. The van der Waals surface area contributed by atoms with Gasteiger partial charge in [0.25, 0.3) is 5.91 Å². The lowest BCUT2D eigenvalue weighted by molar-refractivity contribution is -0.141. The predicted molar refractivity (Wildman–Crippen MR) is 131 cm³/mol. The van der Waals surface area contributed by atoms with E-state index in [4.69, 9.17) is 4.74 Å². The molecule has 2 atom stereocenters. The van der Waals surface area contributed by atoms with Crippen molar-refractivity contribution >= 4 is 34.5 Å². The van der Waals surface area contributed by atoms with Crippen LogP contribution in [0.5, 0.6) is 5.75 Å². The van der Waals surface area contributed by atoms with Crippen LogP contribution >= 0.6 is 11.3 Å². The van der Waals surface area contributed by atoms with Crippen LogP contribution in [-0.2, 0) is 14.4 Å². The minimum absolute atomic E-state index is 0.259. The van der Waals surface area contributed by atoms with Crippen LogP contribution in [-0.4, -0.2) is 24.6 Å². The van der Waals surface area contributed by atoms with Gasteiger partial charge in [0.05, 0.1) is 13.2 Å². The van der Waals surface area contributed by atoms with Gasteiger partial charge in [-0.15, -0.1) is 0 Å². The molecular weight excluding hydrogens is 434 g/mol. The molecule has 170 valence electrons. The van der Waals surface area contributed by atoms with E-state index in [1.807, 2.05) is 42.5 Å². The highest BCUT2D eigenvalue weighted by Crippen LogP contribution is 2.45. The second-order valence-corrected chi connectivity index (χ2v) is 10.1. The van der Waals surface area contributed by atoms with E-state index in [1.54, 1.807) is 45.3 Å². The Labute approximate surface area is 198 Å². The Morgan fingerprint density at radius 1 is 1.00 bits per heavy atom. The molecule has 4 rings (SSSR count). The van der Waals surface area contributed by atoms with Gasteiger partial charge in [-0.1, -0.05) is 51.1 Å². The number of ether oxygens (including phenoxy) is 1. The first kappa shape index (κ1) is 22.9. The number of aryl methyl sites for hydroxylation is 1. The summed E-state index contributed by atoms with van der Waals surface area (Å²) in [4.78, 5) is 41.3. The van der Waals surface area contributed by atoms with Crippen molar-refractivity contribution in [3.05, 3.63) is 70.4 Å². The third kappa shape index (κ3) is 4.00. The number of carbonyl (C=O) groups is 3. The molecule has 6 heteroatoms. The SMILES string of the molecule is COc1ccccc1C1C(C(=O)C(C)(C)C)C(=O)C(=O)N1c1ccc(-c2cscc2C)cc1. The molecule has 1 aromatic heterocycles. The first-order chi connectivity index (χ1) is 15.6. The van der Waals surface area contributed by atoms with Crippen molar-refractivity contribution in [1.29, 1.82) is 0 Å². The third-order valence-electron chi connectivity index (χ3n) is 6.10. The Hall–Kier alpha value is -3.25. The summed E-state index contributed by atoms with van der Waals surface area (Å²) < 4.78 is 5.55. The van der Waals surface area contributed by atoms with Crippen LogP contribution in [0.4, 0.5) is 5.69 Å². The Morgan fingerprint density at radius 2 is 1.67 bits per heavy atom. The van der Waals surface area contributed by atoms with Crippen molar-refractivity contribution in [1.82, 2.24) is 0 Å². The number of para-hydroxylation sites is 1. The summed E-state index contributed by atoms with van der Waals surface area (Å²) in [6, 6.07) is 14.0. The second-order valence-electron chi connectivity index (χ2n) is 9.33. The Kier molecular flexibility index (Phi) is 5.97. The van der Waals surface area contributed by atoms with Gasteiger partial charge in [0.15, 0.2) is 5.78 Å². The summed E-state index contributed by atoms with van der Waals surface area (Å²) in [6.45, 7) is 7.37. The predicted octanol–water partition coefficient (Wildman–Crippen LogP) is 5.62. The van der Waals surface area contributed by atoms with E-state index in [-0.39, 0.29) is 5.78 Å². The zero-order valence-electron chi connectivity index (χ0n) is 19.4. The lowest BCUT2D eigenvalue weighted by Gasteiger charge is -2.30. The number of methoxy groups -OCH3 is 1. The van der Waals surface area contributed by atoms with E-state index in [2.05, 4.69) is 17.7 Å². The van der Waals surface area contributed by atoms with Crippen molar-refractivity contribution in [2.45, 2.75) is 33.7 Å². The van der Waals surface area contributed by atoms with Crippen molar-refractivity contribution in [3.63, 3.8) is 0 Å². The maximum absolute atomic E-state index is 13.4. The largest absolute Gasteiger partial charge is 0.496 e. The lowest BCUT2D eigenvalue weighted by Crippen LogP contribution is -2.36. The van der Waals surface area contributed by atoms with Crippen molar-refractivity contribution in [2.75, 3.05) is 12.0 Å². The molecule has 0 bridgehead atoms. The van der Waals surface area contributed by atoms with Gasteiger partial charge in [0, 0.05) is 16.7 Å². The van der Waals surface area contributed by atoms with E-state index in [1.165, 1.54) is 10.5 Å². The molecule has 0 N–H and O–H groups in total. The molecule has 2 heterocycles. The normalized spacial score (nSPS) is 18.6. The zero-order chi connectivity index (χ0) is 23.9. The molecule has 1 aliphatic rings. The fourth-order valence-corrected chi connectivity index (χ4v) is 5.22. The molecule has 1 aliphatic heterocycles. The summed E-state index contributed by atoms with van der Waals surface area (Å²) in [5.41, 5.74) is 3.79. The highest BCUT2D eigenvalue weighted by atomic mass is 32.1. The Bertz CT molecular complexity index is 1220. The quantitative estimate of drug-likeness (QED) is 0.365. The number of Topliss-reactive ketones (excluding diaryl/α,β-unsaturated/α-hetero) is 2. The minimum Gasteiger partial charge on any atom is -0.496 e. The van der Waals surface area contributed by atoms with Gasteiger partial charge < -0.3 is 4.74 Å². The number of rotatable bonds is 5. The molecule has 3 aromatic rings. The van der Waals surface area contributed by atoms with E-state index >= 15 is 0 Å². The molecule has 2 unspecified atom stereocenters. The summed E-state index contributed by atoms with van der Waals surface area (Å²) in [6.07, 6.45) is 0. The Balaban J connectivity index is 1.85. The number of benzene rings is 2. The topological polar surface area (TPSA) is 63.7 Å². The van der Waals surface area contributed by atoms with Crippen LogP contribution in [0.2, 0.25) is 0 Å². The average molecular weight is 462 g/mol. The number of anilines is 1. The maximum Gasteiger partial charge on any atom is 0.295 e. The first-order valence-electron chi connectivity index (χ1n) is 10.8. The molecule has 0 aliphatic carbocycles. The number of ketones is 2. The summed E-state index contributed by atoms with van der Waals surface area (Å²) in [5, 5.41) is 4.18. The van der Waals surface area contributed by atoms with Crippen LogP contribution < -0.4 is 9.64 Å². The molecule has 2 aromatic carbocycles. The molecule has 1 saturated heterocycles. The van der Waals surface area contributed by atoms with Crippen molar-refractivity contribution in [3.8, 4) is 16.9 Å². The van der Waals surface area contributed by atoms with Gasteiger partial charge in [-0.25, -0.2) is 0 Å². The van der Waals surface area contributed by atoms with Gasteiger partial charge in [-0.3, -0.25) is 19.3 Å². The van der Waals surface area contributed by atoms with Crippen LogP contribution in [0.15, 0.2) is 59.3 Å². The van der Waals surface area contributed by atoms with E-state index in [0.29, 0.717) is 17.0 Å². The minimum atomic E-state index is -1.10. The molecule has 0 spiro atoms. The van der Waals surface area contributed by atoms with Gasteiger partial charge >= 0.3 is 0 Å². The average Bonchev–Trinajstić information content (AvgIpc) is 3.33. The van der Waals surface area contributed by atoms with Crippen molar-refractivity contribution < 1.29 is 19.1 Å². The van der Waals surface area contributed by atoms with Crippen LogP contribution in [0.3, 0.4) is 0 Å². The van der Waals surface area contributed by atoms with Gasteiger partial charge in [-0.2, -0.15) is 11.3 Å². The first-order valence-corrected chi connectivity index (χ1v) is 11.8. The summed E-state index contributed by atoms with van der Waals surface area (Å²) in [5.74, 6) is -2.18. The monoisotopic (exact) mass is 461 g/mol. The van der Waals surface area contributed by atoms with Crippen LogP contribution in [0, 0.1) is 18.3 Å². The lowest BCUT2D eigenvalue weighted by atomic mass is 9.77. The van der Waals surface area contributed by atoms with Gasteiger partial charge in [0.2, 0.25) is 5.78 Å². The number of carbonyl (C=O) groups excluding carboxylic acids is 3. The van der Waals surface area contributed by atoms with Crippen LogP contribution in [0.25, 0.3) is 11.1 Å². The maximum atomic E-state index is 13.4. The number of hydrogen-bond donors (Lipinski definition) is 0. The van der Waals surface area contributed by atoms with E-state index in [9.17, 15) is 14.4 Å². The van der Waals surface area contributed by atoms with Gasteiger partial charge in [-0.05, 0) is 52.6 Å². The summed E-state index contributed by atoms with van der Waals surface area (Å²) in [7, 11) is 1.54. The molecular formula is C27H27NO4S. The molecule has 1 fully saturated rings. The molecule has 0 radical (unpaired) electrons. The third-order valence-corrected chi connectivity index (χ3v) is 6.96. The standard InChI is InChI=1S/C27H27NO4S/c1-16-14-33-15-20(16)17-10-12-18(13-11-17)28-23(19-8-6-7-9-21(19)32-5)22(24(29)26(28)31)25(30)27(2,3)4/h6-15,22-23H,1-5H3. The highest BCUT2D eigenvalue weighted by Gasteiger charge is 2.54. The molecule has 0 saturated carbocycles. The van der Waals surface area contributed by atoms with Crippen LogP contribution in [0.1, 0.15) is 37.9 Å². The fourth-order valence-electron chi connectivity index (χ4n) is 4.36. The smallest absolute Gasteiger partial charge is 0.295 e. The zero-order valence-corrected chi connectivity index (χ0v) is 20.2. The second kappa shape index (κ2) is 8.60. The number of hydrogen-bond acceptors (Lipinski definition) is 5. The molecule has 1 amide bonds. The number of amides is 1.